The summed E-state index contributed by atoms with van der Waals surface area (Å²) < 4.78 is 5.50. The molecule has 1 heterocycles. The van der Waals surface area contributed by atoms with Gasteiger partial charge in [-0.25, -0.2) is 0 Å². The van der Waals surface area contributed by atoms with Crippen LogP contribution < -0.4 is 11.2 Å². The summed E-state index contributed by atoms with van der Waals surface area (Å²) in [7, 11) is 0. The molecule has 0 amide bonds. The maximum absolute atomic E-state index is 12.3. The average molecular weight is 245 g/mol. The Labute approximate surface area is 107 Å². The van der Waals surface area contributed by atoms with E-state index < -0.39 is 0 Å². The van der Waals surface area contributed by atoms with Crippen molar-refractivity contribution in [2.45, 2.75) is 39.2 Å². The Morgan fingerprint density at radius 1 is 1.28 bits per heavy atom. The van der Waals surface area contributed by atoms with Crippen LogP contribution in [0.1, 0.15) is 37.8 Å². The van der Waals surface area contributed by atoms with Crippen LogP contribution in [0.25, 0.3) is 11.0 Å². The Morgan fingerprint density at radius 3 is 2.61 bits per heavy atom. The second-order valence-electron chi connectivity index (χ2n) is 5.18. The summed E-state index contributed by atoms with van der Waals surface area (Å²) >= 11 is 0. The van der Waals surface area contributed by atoms with Crippen LogP contribution in [0.2, 0.25) is 0 Å². The van der Waals surface area contributed by atoms with E-state index in [1.165, 1.54) is 6.26 Å². The maximum atomic E-state index is 12.3. The van der Waals surface area contributed by atoms with E-state index >= 15 is 0 Å². The number of benzene rings is 1. The first-order valence-electron chi connectivity index (χ1n) is 6.29. The molecule has 0 spiro atoms. The van der Waals surface area contributed by atoms with Crippen molar-refractivity contribution in [1.82, 2.24) is 0 Å². The fourth-order valence-electron chi connectivity index (χ4n) is 2.04. The summed E-state index contributed by atoms with van der Waals surface area (Å²) in [6.45, 7) is 6.09. The molecule has 18 heavy (non-hydrogen) atoms. The van der Waals surface area contributed by atoms with Crippen molar-refractivity contribution >= 4 is 11.0 Å². The van der Waals surface area contributed by atoms with Crippen LogP contribution in [0, 0.1) is 0 Å². The molecular formula is C15H19NO2. The Bertz CT molecular complexity index is 611. The summed E-state index contributed by atoms with van der Waals surface area (Å²) in [6, 6.07) is 5.75. The monoisotopic (exact) mass is 245 g/mol. The largest absolute Gasteiger partial charge is 0.464 e. The minimum Gasteiger partial charge on any atom is -0.464 e. The fourth-order valence-corrected chi connectivity index (χ4v) is 2.04. The smallest absolute Gasteiger partial charge is 0.195 e. The summed E-state index contributed by atoms with van der Waals surface area (Å²) in [4.78, 5) is 12.3. The summed E-state index contributed by atoms with van der Waals surface area (Å²) in [6.07, 6.45) is 2.08. The van der Waals surface area contributed by atoms with E-state index in [2.05, 4.69) is 13.8 Å². The van der Waals surface area contributed by atoms with E-state index in [0.717, 1.165) is 5.56 Å². The highest BCUT2D eigenvalue weighted by atomic mass is 16.3. The van der Waals surface area contributed by atoms with Gasteiger partial charge in [0, 0.05) is 11.6 Å². The van der Waals surface area contributed by atoms with Gasteiger partial charge in [0.15, 0.2) is 5.43 Å². The summed E-state index contributed by atoms with van der Waals surface area (Å²) in [5.74, 6) is 0.394. The lowest BCUT2D eigenvalue weighted by Crippen LogP contribution is -2.22. The van der Waals surface area contributed by atoms with Gasteiger partial charge in [0.05, 0.1) is 11.6 Å². The van der Waals surface area contributed by atoms with Gasteiger partial charge >= 0.3 is 0 Å². The molecule has 0 bridgehead atoms. The molecule has 3 heteroatoms. The minimum atomic E-state index is -0.0429. The number of fused-ring (bicyclic) bond motifs is 1. The van der Waals surface area contributed by atoms with Crippen molar-refractivity contribution in [2.75, 3.05) is 0 Å². The molecule has 2 rings (SSSR count). The van der Waals surface area contributed by atoms with Crippen LogP contribution >= 0.6 is 0 Å². The third kappa shape index (κ3) is 2.46. The highest BCUT2D eigenvalue weighted by molar-refractivity contribution is 5.77. The zero-order valence-electron chi connectivity index (χ0n) is 11.1. The third-order valence-electron chi connectivity index (χ3n) is 3.08. The Hall–Kier alpha value is -1.61. The second kappa shape index (κ2) is 4.94. The van der Waals surface area contributed by atoms with E-state index in [1.54, 1.807) is 0 Å². The van der Waals surface area contributed by atoms with Crippen LogP contribution in [0.4, 0.5) is 0 Å². The first-order chi connectivity index (χ1) is 8.49. The average Bonchev–Trinajstić information content (AvgIpc) is 2.32. The second-order valence-corrected chi connectivity index (χ2v) is 5.18. The summed E-state index contributed by atoms with van der Waals surface area (Å²) in [5, 5.41) is 0.652. The van der Waals surface area contributed by atoms with E-state index in [9.17, 15) is 4.79 Å². The number of hydrogen-bond donors (Lipinski definition) is 1. The molecule has 1 aromatic heterocycles. The first kappa shape index (κ1) is 12.8. The molecule has 0 aliphatic heterocycles. The van der Waals surface area contributed by atoms with Crippen molar-refractivity contribution in [3.05, 3.63) is 45.8 Å². The molecule has 1 atom stereocenters. The normalized spacial score (nSPS) is 13.2. The van der Waals surface area contributed by atoms with Crippen LogP contribution in [0.5, 0.6) is 0 Å². The molecule has 2 aromatic rings. The van der Waals surface area contributed by atoms with E-state index in [-0.39, 0.29) is 11.5 Å². The molecule has 0 aliphatic rings. The molecule has 1 unspecified atom stereocenters. The molecule has 3 nitrogen and oxygen atoms in total. The van der Waals surface area contributed by atoms with Gasteiger partial charge in [0.25, 0.3) is 0 Å². The Morgan fingerprint density at radius 2 is 2.00 bits per heavy atom. The van der Waals surface area contributed by atoms with Gasteiger partial charge in [-0.2, -0.15) is 0 Å². The van der Waals surface area contributed by atoms with Gasteiger partial charge < -0.3 is 10.2 Å². The molecule has 96 valence electrons. The maximum Gasteiger partial charge on any atom is 0.195 e. The zero-order valence-corrected chi connectivity index (χ0v) is 11.1. The quantitative estimate of drug-likeness (QED) is 0.904. The van der Waals surface area contributed by atoms with Gasteiger partial charge in [-0.05, 0) is 37.0 Å². The highest BCUT2D eigenvalue weighted by Gasteiger charge is 2.10. The van der Waals surface area contributed by atoms with Crippen molar-refractivity contribution in [3.8, 4) is 0 Å². The van der Waals surface area contributed by atoms with Gasteiger partial charge in [-0.1, -0.05) is 19.9 Å². The van der Waals surface area contributed by atoms with Crippen molar-refractivity contribution in [3.63, 3.8) is 0 Å². The standard InChI is InChI=1S/C15H19NO2/c1-9(2)11-4-5-14-13(7-11)15(17)12(8-18-14)6-10(3)16/h4-5,7-10H,6,16H2,1-3H3. The molecule has 0 saturated carbocycles. The molecule has 2 N–H and O–H groups in total. The molecule has 0 radical (unpaired) electrons. The molecule has 1 aromatic carbocycles. The van der Waals surface area contributed by atoms with Crippen molar-refractivity contribution < 1.29 is 4.42 Å². The van der Waals surface area contributed by atoms with Gasteiger partial charge in [-0.3, -0.25) is 4.79 Å². The number of rotatable bonds is 3. The van der Waals surface area contributed by atoms with Crippen molar-refractivity contribution in [2.24, 2.45) is 5.73 Å². The summed E-state index contributed by atoms with van der Waals surface area (Å²) in [5.41, 5.74) is 8.21. The predicted molar refractivity (Wildman–Crippen MR) is 73.9 cm³/mol. The molecule has 0 aliphatic carbocycles. The predicted octanol–water partition coefficient (Wildman–Crippen LogP) is 2.81. The molecular weight excluding hydrogens is 226 g/mol. The Kier molecular flexibility index (Phi) is 3.53. The first-order valence-corrected chi connectivity index (χ1v) is 6.29. The lowest BCUT2D eigenvalue weighted by molar-refractivity contribution is 0.584. The fraction of sp³-hybridized carbons (Fsp3) is 0.400. The topological polar surface area (TPSA) is 56.2 Å². The van der Waals surface area contributed by atoms with Crippen molar-refractivity contribution in [1.29, 1.82) is 0 Å². The zero-order chi connectivity index (χ0) is 13.3. The molecule has 0 saturated heterocycles. The van der Waals surface area contributed by atoms with Crippen LogP contribution in [-0.2, 0) is 6.42 Å². The Balaban J connectivity index is 2.60. The minimum absolute atomic E-state index is 0.0380. The number of nitrogens with two attached hydrogens (primary N) is 1. The SMILES string of the molecule is CC(N)Cc1coc2ccc(C(C)C)cc2c1=O. The lowest BCUT2D eigenvalue weighted by Gasteiger charge is -2.08. The van der Waals surface area contributed by atoms with E-state index in [4.69, 9.17) is 10.2 Å². The van der Waals surface area contributed by atoms with E-state index in [0.29, 0.717) is 28.9 Å². The lowest BCUT2D eigenvalue weighted by atomic mass is 10.00. The van der Waals surface area contributed by atoms with E-state index in [1.807, 2.05) is 25.1 Å². The third-order valence-corrected chi connectivity index (χ3v) is 3.08. The number of hydrogen-bond acceptors (Lipinski definition) is 3. The van der Waals surface area contributed by atoms with Crippen LogP contribution in [-0.4, -0.2) is 6.04 Å². The van der Waals surface area contributed by atoms with Gasteiger partial charge in [0.2, 0.25) is 0 Å². The molecule has 0 fully saturated rings. The van der Waals surface area contributed by atoms with Gasteiger partial charge in [-0.15, -0.1) is 0 Å². The highest BCUT2D eigenvalue weighted by Crippen LogP contribution is 2.19. The van der Waals surface area contributed by atoms with Crippen LogP contribution in [0.3, 0.4) is 0 Å². The van der Waals surface area contributed by atoms with Gasteiger partial charge in [0.1, 0.15) is 5.58 Å². The van der Waals surface area contributed by atoms with Crippen LogP contribution in [0.15, 0.2) is 33.7 Å².